The Balaban J connectivity index is 1.90. The first kappa shape index (κ1) is 49.4. The molecule has 0 aliphatic carbocycles. The van der Waals surface area contributed by atoms with Crippen molar-refractivity contribution in [2.75, 3.05) is 26.4 Å². The van der Waals surface area contributed by atoms with Crippen LogP contribution in [0.4, 0.5) is 0 Å². The highest BCUT2D eigenvalue weighted by atomic mass is 16.7. The van der Waals surface area contributed by atoms with Crippen LogP contribution in [0.25, 0.3) is 0 Å². The van der Waals surface area contributed by atoms with Crippen molar-refractivity contribution in [1.82, 2.24) is 0 Å². The summed E-state index contributed by atoms with van der Waals surface area (Å²) in [5.41, 5.74) is 0. The smallest absolute Gasteiger partial charge is 0.306 e. The number of carbonyl (C=O) groups is 2. The molecule has 2 aliphatic heterocycles. The van der Waals surface area contributed by atoms with E-state index in [0.717, 1.165) is 57.8 Å². The molecule has 2 fully saturated rings. The van der Waals surface area contributed by atoms with Gasteiger partial charge in [0.15, 0.2) is 18.7 Å². The standard InChI is InChI=1S/C40H72O15/c1-3-5-7-9-11-13-14-15-17-19-21-23-32(43)53-28(25-50-31(42)22-20-18-16-12-10-8-6-4-2)26-51-39-38(49)36(47)34(45)30(55-39)27-52-40-37(48)35(46)33(44)29(24-41)54-40/h9,11,28-30,33-41,44-49H,3-8,10,12-27H2,1-2H3/b11-9+/t28-,29-,30-,33+,34+,35?,36?,37?,38?,39-,40-/m1/s1. The average molecular weight is 793 g/mol. The molecule has 4 unspecified atom stereocenters. The molecule has 55 heavy (non-hydrogen) atoms. The van der Waals surface area contributed by atoms with E-state index in [1.165, 1.54) is 38.5 Å². The number of rotatable bonds is 30. The summed E-state index contributed by atoms with van der Waals surface area (Å²) in [7, 11) is 0. The second kappa shape index (κ2) is 29.5. The maximum absolute atomic E-state index is 12.8. The van der Waals surface area contributed by atoms with Crippen LogP contribution in [0.5, 0.6) is 0 Å². The zero-order chi connectivity index (χ0) is 40.4. The van der Waals surface area contributed by atoms with E-state index >= 15 is 0 Å². The molecule has 0 aromatic heterocycles. The fourth-order valence-corrected chi connectivity index (χ4v) is 6.43. The molecule has 0 amide bonds. The summed E-state index contributed by atoms with van der Waals surface area (Å²) >= 11 is 0. The lowest BCUT2D eigenvalue weighted by Gasteiger charge is -2.42. The molecule has 0 radical (unpaired) electrons. The van der Waals surface area contributed by atoms with Gasteiger partial charge in [0.25, 0.3) is 0 Å². The number of carbonyl (C=O) groups excluding carboxylic acids is 2. The highest BCUT2D eigenvalue weighted by molar-refractivity contribution is 5.70. The number of aliphatic hydroxyl groups is 7. The van der Waals surface area contributed by atoms with Crippen LogP contribution in [0.15, 0.2) is 12.2 Å². The van der Waals surface area contributed by atoms with Crippen LogP contribution >= 0.6 is 0 Å². The summed E-state index contributed by atoms with van der Waals surface area (Å²) in [5.74, 6) is -0.942. The summed E-state index contributed by atoms with van der Waals surface area (Å²) in [6, 6.07) is 0. The lowest BCUT2D eigenvalue weighted by molar-refractivity contribution is -0.332. The Morgan fingerprint density at radius 3 is 1.65 bits per heavy atom. The zero-order valence-electron chi connectivity index (χ0n) is 33.2. The first-order valence-corrected chi connectivity index (χ1v) is 20.8. The van der Waals surface area contributed by atoms with Crippen molar-refractivity contribution in [1.29, 1.82) is 0 Å². The summed E-state index contributed by atoms with van der Waals surface area (Å²) < 4.78 is 33.3. The third kappa shape index (κ3) is 19.5. The number of unbranched alkanes of at least 4 members (excludes halogenated alkanes) is 14. The monoisotopic (exact) mass is 792 g/mol. The Bertz CT molecular complexity index is 1030. The van der Waals surface area contributed by atoms with Gasteiger partial charge in [-0.05, 0) is 32.1 Å². The van der Waals surface area contributed by atoms with E-state index in [0.29, 0.717) is 12.8 Å². The Labute approximate surface area is 327 Å². The molecule has 0 bridgehead atoms. The molecule has 2 saturated heterocycles. The normalized spacial score (nSPS) is 29.0. The molecule has 2 aliphatic rings. The third-order valence-corrected chi connectivity index (χ3v) is 9.99. The van der Waals surface area contributed by atoms with Crippen LogP contribution in [0.2, 0.25) is 0 Å². The maximum atomic E-state index is 12.8. The Hall–Kier alpha value is -1.76. The van der Waals surface area contributed by atoms with Gasteiger partial charge in [0.2, 0.25) is 0 Å². The fraction of sp³-hybridized carbons (Fsp3) is 0.900. The Kier molecular flexibility index (Phi) is 26.4. The second-order valence-electron chi connectivity index (χ2n) is 14.8. The molecule has 2 rings (SSSR count). The molecule has 0 aromatic carbocycles. The van der Waals surface area contributed by atoms with Crippen LogP contribution < -0.4 is 0 Å². The fourth-order valence-electron chi connectivity index (χ4n) is 6.43. The van der Waals surface area contributed by atoms with E-state index < -0.39 is 92.7 Å². The van der Waals surface area contributed by atoms with E-state index in [1.807, 2.05) is 0 Å². The highest BCUT2D eigenvalue weighted by Gasteiger charge is 2.47. The second-order valence-corrected chi connectivity index (χ2v) is 14.8. The van der Waals surface area contributed by atoms with Crippen molar-refractivity contribution in [2.24, 2.45) is 0 Å². The van der Waals surface area contributed by atoms with Crippen LogP contribution in [0.3, 0.4) is 0 Å². The van der Waals surface area contributed by atoms with Gasteiger partial charge in [-0.25, -0.2) is 0 Å². The molecule has 322 valence electrons. The SMILES string of the molecule is CCCC/C=C/CCCCCCCC(=O)O[C@H](COC(=O)CCCCCCCCCC)CO[C@@H]1O[C@H](CO[C@@H]2O[C@H](CO)[C@H](O)C(O)C2O)[C@H](O)C(O)C1O. The van der Waals surface area contributed by atoms with Crippen LogP contribution in [0, 0.1) is 0 Å². The quantitative estimate of drug-likeness (QED) is 0.0315. The van der Waals surface area contributed by atoms with Gasteiger partial charge < -0.3 is 64.2 Å². The number of allylic oxidation sites excluding steroid dienone is 2. The van der Waals surface area contributed by atoms with E-state index in [4.69, 9.17) is 28.4 Å². The molecule has 15 nitrogen and oxygen atoms in total. The topological polar surface area (TPSA) is 231 Å². The predicted octanol–water partition coefficient (Wildman–Crippen LogP) is 3.09. The van der Waals surface area contributed by atoms with Gasteiger partial charge in [-0.15, -0.1) is 0 Å². The highest BCUT2D eigenvalue weighted by Crippen LogP contribution is 2.26. The van der Waals surface area contributed by atoms with E-state index in [9.17, 15) is 45.3 Å². The van der Waals surface area contributed by atoms with Crippen LogP contribution in [-0.2, 0) is 38.0 Å². The summed E-state index contributed by atoms with van der Waals surface area (Å²) in [4.78, 5) is 25.4. The minimum absolute atomic E-state index is 0.157. The number of hydrogen-bond donors (Lipinski definition) is 7. The molecule has 15 heteroatoms. The number of esters is 2. The van der Waals surface area contributed by atoms with Crippen molar-refractivity contribution in [3.05, 3.63) is 12.2 Å². The van der Waals surface area contributed by atoms with Gasteiger partial charge in [0.1, 0.15) is 55.4 Å². The van der Waals surface area contributed by atoms with E-state index in [1.54, 1.807) is 0 Å². The number of aliphatic hydroxyl groups excluding tert-OH is 7. The Morgan fingerprint density at radius 1 is 0.564 bits per heavy atom. The first-order valence-electron chi connectivity index (χ1n) is 20.8. The van der Waals surface area contributed by atoms with Crippen molar-refractivity contribution < 1.29 is 73.8 Å². The van der Waals surface area contributed by atoms with Crippen molar-refractivity contribution >= 4 is 11.9 Å². The molecular weight excluding hydrogens is 720 g/mol. The van der Waals surface area contributed by atoms with Gasteiger partial charge in [0.05, 0.1) is 19.8 Å². The minimum Gasteiger partial charge on any atom is -0.462 e. The zero-order valence-corrected chi connectivity index (χ0v) is 33.2. The van der Waals surface area contributed by atoms with E-state index in [-0.39, 0.29) is 26.1 Å². The summed E-state index contributed by atoms with van der Waals surface area (Å²) in [6.45, 7) is 2.47. The van der Waals surface area contributed by atoms with Gasteiger partial charge in [-0.3, -0.25) is 9.59 Å². The molecule has 0 spiro atoms. The van der Waals surface area contributed by atoms with E-state index in [2.05, 4.69) is 26.0 Å². The van der Waals surface area contributed by atoms with Crippen LogP contribution in [-0.4, -0.2) is 142 Å². The van der Waals surface area contributed by atoms with Crippen molar-refractivity contribution in [3.63, 3.8) is 0 Å². The molecule has 11 atom stereocenters. The van der Waals surface area contributed by atoms with Crippen molar-refractivity contribution in [3.8, 4) is 0 Å². The summed E-state index contributed by atoms with van der Waals surface area (Å²) in [6.07, 6.45) is 5.75. The molecule has 7 N–H and O–H groups in total. The average Bonchev–Trinajstić information content (AvgIpc) is 3.18. The lowest BCUT2D eigenvalue weighted by atomic mass is 9.98. The molecule has 0 saturated carbocycles. The Morgan fingerprint density at radius 2 is 1.05 bits per heavy atom. The predicted molar refractivity (Wildman–Crippen MR) is 201 cm³/mol. The largest absolute Gasteiger partial charge is 0.462 e. The van der Waals surface area contributed by atoms with Crippen molar-refractivity contribution in [2.45, 2.75) is 203 Å². The maximum Gasteiger partial charge on any atom is 0.306 e. The van der Waals surface area contributed by atoms with Gasteiger partial charge in [-0.1, -0.05) is 103 Å². The number of hydrogen-bond acceptors (Lipinski definition) is 15. The number of ether oxygens (including phenoxy) is 6. The molecule has 0 aromatic rings. The van der Waals surface area contributed by atoms with Gasteiger partial charge in [-0.2, -0.15) is 0 Å². The molecular formula is C40H72O15. The van der Waals surface area contributed by atoms with Gasteiger partial charge in [0, 0.05) is 12.8 Å². The summed E-state index contributed by atoms with van der Waals surface area (Å²) in [5, 5.41) is 71.6. The van der Waals surface area contributed by atoms with Crippen LogP contribution in [0.1, 0.15) is 136 Å². The van der Waals surface area contributed by atoms with Gasteiger partial charge >= 0.3 is 11.9 Å². The first-order chi connectivity index (χ1) is 26.5. The molecule has 2 heterocycles. The minimum atomic E-state index is -1.76. The third-order valence-electron chi connectivity index (χ3n) is 9.99. The lowest BCUT2D eigenvalue weighted by Crippen LogP contribution is -2.61.